The Bertz CT molecular complexity index is 1370. The largest absolute Gasteiger partial charge is 0.497 e. The summed E-state index contributed by atoms with van der Waals surface area (Å²) in [6.45, 7) is 4.12. The van der Waals surface area contributed by atoms with E-state index in [9.17, 15) is 4.79 Å². The van der Waals surface area contributed by atoms with Crippen LogP contribution in [0, 0.1) is 5.82 Å². The van der Waals surface area contributed by atoms with Gasteiger partial charge < -0.3 is 15.2 Å². The predicted molar refractivity (Wildman–Crippen MR) is 140 cm³/mol. The van der Waals surface area contributed by atoms with Gasteiger partial charge in [0.1, 0.15) is 22.9 Å². The maximum atomic E-state index is 15.0. The molecule has 188 valence electrons. The molecule has 1 amide bonds. The molecule has 0 saturated carbocycles. The van der Waals surface area contributed by atoms with Gasteiger partial charge in [0.15, 0.2) is 11.5 Å². The second-order valence-corrected chi connectivity index (χ2v) is 9.66. The third-order valence-corrected chi connectivity index (χ3v) is 6.87. The predicted octanol–water partition coefficient (Wildman–Crippen LogP) is 5.06. The standard InChI is InChI=1S/C28H28FN3O3.ClH/c1-27(2)13-12-18-14-19(9-11-24(18)35-27)28(25(33)32(3)26(30)31-28)20-8-10-23(29)22(16-20)17-6-5-7-21(15-17)34-4;/h5-11,14-16H,12-13H2,1-4H3,(H2,30,31);1H. The van der Waals surface area contributed by atoms with Gasteiger partial charge in [-0.25, -0.2) is 9.38 Å². The lowest BCUT2D eigenvalue weighted by Gasteiger charge is -2.34. The van der Waals surface area contributed by atoms with E-state index in [4.69, 9.17) is 15.2 Å². The number of guanidine groups is 1. The fourth-order valence-electron chi connectivity index (χ4n) is 4.83. The smallest absolute Gasteiger partial charge is 0.266 e. The van der Waals surface area contributed by atoms with Crippen molar-refractivity contribution in [2.24, 2.45) is 10.7 Å². The minimum atomic E-state index is -1.43. The fraction of sp³-hybridized carbons (Fsp3) is 0.286. The number of benzene rings is 3. The molecule has 2 N–H and O–H groups in total. The molecule has 2 aliphatic heterocycles. The molecule has 3 aromatic rings. The van der Waals surface area contributed by atoms with E-state index in [1.165, 1.54) is 11.0 Å². The van der Waals surface area contributed by atoms with Crippen molar-refractivity contribution in [3.8, 4) is 22.6 Å². The van der Waals surface area contributed by atoms with Crippen LogP contribution in [0.1, 0.15) is 37.0 Å². The normalized spacial score (nSPS) is 20.2. The lowest BCUT2D eigenvalue weighted by molar-refractivity contribution is -0.129. The number of aryl methyl sites for hydroxylation is 1. The summed E-state index contributed by atoms with van der Waals surface area (Å²) in [6.07, 6.45) is 1.67. The number of methoxy groups -OCH3 is 1. The highest BCUT2D eigenvalue weighted by Gasteiger charge is 2.50. The van der Waals surface area contributed by atoms with Crippen molar-refractivity contribution in [1.29, 1.82) is 0 Å². The third-order valence-electron chi connectivity index (χ3n) is 6.87. The zero-order chi connectivity index (χ0) is 25.0. The van der Waals surface area contributed by atoms with Crippen LogP contribution in [0.4, 0.5) is 4.39 Å². The number of hydrogen-bond donors (Lipinski definition) is 1. The first-order valence-electron chi connectivity index (χ1n) is 11.5. The van der Waals surface area contributed by atoms with Crippen molar-refractivity contribution in [3.05, 3.63) is 83.2 Å². The van der Waals surface area contributed by atoms with Gasteiger partial charge in [0, 0.05) is 12.6 Å². The molecule has 0 bridgehead atoms. The van der Waals surface area contributed by atoms with Gasteiger partial charge in [0.2, 0.25) is 0 Å². The summed E-state index contributed by atoms with van der Waals surface area (Å²) < 4.78 is 26.5. The molecule has 0 fully saturated rings. The molecular formula is C28H29ClFN3O3. The van der Waals surface area contributed by atoms with Crippen LogP contribution in [0.25, 0.3) is 11.1 Å². The lowest BCUT2D eigenvalue weighted by atomic mass is 9.80. The quantitative estimate of drug-likeness (QED) is 0.533. The number of carbonyl (C=O) groups excluding carboxylic acids is 1. The molecule has 36 heavy (non-hydrogen) atoms. The average molecular weight is 510 g/mol. The number of fused-ring (bicyclic) bond motifs is 1. The number of halogens is 2. The summed E-state index contributed by atoms with van der Waals surface area (Å²) >= 11 is 0. The van der Waals surface area contributed by atoms with Gasteiger partial charge in [0.25, 0.3) is 5.91 Å². The van der Waals surface area contributed by atoms with Gasteiger partial charge in [-0.3, -0.25) is 9.69 Å². The summed E-state index contributed by atoms with van der Waals surface area (Å²) in [5.41, 5.74) is 7.66. The van der Waals surface area contributed by atoms with Crippen LogP contribution in [0.5, 0.6) is 11.5 Å². The van der Waals surface area contributed by atoms with E-state index in [0.717, 1.165) is 24.2 Å². The molecule has 5 rings (SSSR count). The summed E-state index contributed by atoms with van der Waals surface area (Å²) in [7, 11) is 3.16. The monoisotopic (exact) mass is 509 g/mol. The van der Waals surface area contributed by atoms with E-state index in [0.29, 0.717) is 28.0 Å². The number of ether oxygens (including phenoxy) is 2. The van der Waals surface area contributed by atoms with Crippen molar-refractivity contribution < 1.29 is 18.7 Å². The van der Waals surface area contributed by atoms with Gasteiger partial charge in [-0.2, -0.15) is 0 Å². The maximum Gasteiger partial charge on any atom is 0.266 e. The van der Waals surface area contributed by atoms with Gasteiger partial charge in [-0.15, -0.1) is 12.4 Å². The Balaban J connectivity index is 0.00000304. The molecule has 1 atom stereocenters. The first-order chi connectivity index (χ1) is 16.6. The van der Waals surface area contributed by atoms with Crippen molar-refractivity contribution in [3.63, 3.8) is 0 Å². The summed E-state index contributed by atoms with van der Waals surface area (Å²) in [6, 6.07) is 17.5. The van der Waals surface area contributed by atoms with Crippen LogP contribution in [0.15, 0.2) is 65.7 Å². The molecule has 2 heterocycles. The zero-order valence-electron chi connectivity index (χ0n) is 20.7. The first-order valence-corrected chi connectivity index (χ1v) is 11.5. The zero-order valence-corrected chi connectivity index (χ0v) is 21.5. The van der Waals surface area contributed by atoms with E-state index in [1.807, 2.05) is 18.2 Å². The molecule has 0 radical (unpaired) electrons. The molecule has 6 nitrogen and oxygen atoms in total. The molecule has 0 aromatic heterocycles. The average Bonchev–Trinajstić information content (AvgIpc) is 3.08. The Morgan fingerprint density at radius 1 is 1.08 bits per heavy atom. The van der Waals surface area contributed by atoms with Crippen LogP contribution in [-0.2, 0) is 16.8 Å². The number of nitrogens with two attached hydrogens (primary N) is 1. The van der Waals surface area contributed by atoms with E-state index in [-0.39, 0.29) is 29.9 Å². The van der Waals surface area contributed by atoms with Crippen LogP contribution in [0.3, 0.4) is 0 Å². The van der Waals surface area contributed by atoms with Crippen LogP contribution in [-0.4, -0.2) is 36.5 Å². The molecule has 2 aliphatic rings. The Labute approximate surface area is 216 Å². The maximum absolute atomic E-state index is 15.0. The van der Waals surface area contributed by atoms with E-state index in [1.54, 1.807) is 50.6 Å². The van der Waals surface area contributed by atoms with Gasteiger partial charge in [-0.1, -0.05) is 24.3 Å². The van der Waals surface area contributed by atoms with E-state index < -0.39 is 11.4 Å². The Kier molecular flexibility index (Phi) is 6.47. The summed E-state index contributed by atoms with van der Waals surface area (Å²) in [5, 5.41) is 0. The minimum absolute atomic E-state index is 0. The van der Waals surface area contributed by atoms with Crippen molar-refractivity contribution in [2.75, 3.05) is 14.2 Å². The lowest BCUT2D eigenvalue weighted by Crippen LogP contribution is -2.41. The molecule has 3 aromatic carbocycles. The molecule has 0 spiro atoms. The number of nitrogens with zero attached hydrogens (tertiary/aromatic N) is 2. The van der Waals surface area contributed by atoms with Crippen LogP contribution >= 0.6 is 12.4 Å². The van der Waals surface area contributed by atoms with E-state index in [2.05, 4.69) is 18.8 Å². The Hall–Kier alpha value is -3.58. The van der Waals surface area contributed by atoms with Gasteiger partial charge >= 0.3 is 0 Å². The highest BCUT2D eigenvalue weighted by Crippen LogP contribution is 2.44. The number of likely N-dealkylation sites (N-methyl/N-ethyl adjacent to an activating group) is 1. The van der Waals surface area contributed by atoms with Crippen molar-refractivity contribution >= 4 is 24.3 Å². The number of rotatable bonds is 4. The third kappa shape index (κ3) is 4.07. The molecule has 0 aliphatic carbocycles. The fourth-order valence-corrected chi connectivity index (χ4v) is 4.83. The Morgan fingerprint density at radius 2 is 1.81 bits per heavy atom. The molecule has 8 heteroatoms. The number of carbonyl (C=O) groups is 1. The molecule has 1 unspecified atom stereocenters. The van der Waals surface area contributed by atoms with Gasteiger partial charge in [0.05, 0.1) is 7.11 Å². The first kappa shape index (κ1) is 25.5. The summed E-state index contributed by atoms with van der Waals surface area (Å²) in [4.78, 5) is 19.8. The van der Waals surface area contributed by atoms with Crippen molar-refractivity contribution in [1.82, 2.24) is 4.90 Å². The van der Waals surface area contributed by atoms with Crippen LogP contribution < -0.4 is 15.2 Å². The highest BCUT2D eigenvalue weighted by atomic mass is 35.5. The second-order valence-electron chi connectivity index (χ2n) is 9.66. The number of amides is 1. The van der Waals surface area contributed by atoms with Crippen molar-refractivity contribution in [2.45, 2.75) is 37.8 Å². The summed E-state index contributed by atoms with van der Waals surface area (Å²) in [5.74, 6) is 0.812. The second kappa shape index (κ2) is 9.13. The SMILES string of the molecule is COc1cccc(-c2cc(C3(c4ccc5c(c4)CCC(C)(C)O5)N=C(N)N(C)C3=O)ccc2F)c1.Cl. The number of aliphatic imine (C=N–C) groups is 1. The van der Waals surface area contributed by atoms with E-state index >= 15 is 4.39 Å². The molecular weight excluding hydrogens is 481 g/mol. The van der Waals surface area contributed by atoms with Crippen LogP contribution in [0.2, 0.25) is 0 Å². The highest BCUT2D eigenvalue weighted by molar-refractivity contribution is 6.09. The van der Waals surface area contributed by atoms with Gasteiger partial charge in [-0.05, 0) is 85.3 Å². The topological polar surface area (TPSA) is 77.2 Å². The minimum Gasteiger partial charge on any atom is -0.497 e. The Morgan fingerprint density at radius 3 is 2.50 bits per heavy atom. The number of hydrogen-bond acceptors (Lipinski definition) is 5. The molecule has 0 saturated heterocycles.